The molecule has 0 bridgehead atoms. The number of benzene rings is 1. The Balaban J connectivity index is 1.39. The lowest BCUT2D eigenvalue weighted by molar-refractivity contribution is -0.213. The van der Waals surface area contributed by atoms with Gasteiger partial charge in [0.25, 0.3) is 5.91 Å². The molecule has 3 heterocycles. The van der Waals surface area contributed by atoms with Gasteiger partial charge in [0.05, 0.1) is 18.5 Å². The van der Waals surface area contributed by atoms with Crippen LogP contribution in [0.15, 0.2) is 40.8 Å². The maximum atomic E-state index is 12.8. The van der Waals surface area contributed by atoms with E-state index in [4.69, 9.17) is 9.25 Å². The second-order valence-corrected chi connectivity index (χ2v) is 7.49. The van der Waals surface area contributed by atoms with E-state index in [2.05, 4.69) is 0 Å². The number of nitrogens with zero attached hydrogens (tertiary/aromatic N) is 2. The van der Waals surface area contributed by atoms with E-state index < -0.39 is 5.60 Å². The molecule has 142 valence electrons. The smallest absolute Gasteiger partial charge is 0.257 e. The van der Waals surface area contributed by atoms with Gasteiger partial charge in [-0.1, -0.05) is 30.3 Å². The van der Waals surface area contributed by atoms with E-state index in [0.717, 1.165) is 11.3 Å². The van der Waals surface area contributed by atoms with Crippen molar-refractivity contribution in [3.05, 3.63) is 59.0 Å². The Morgan fingerprint density at radius 2 is 1.85 bits per heavy atom. The van der Waals surface area contributed by atoms with Gasteiger partial charge in [-0.3, -0.25) is 14.4 Å². The predicted octanol–water partition coefficient (Wildman–Crippen LogP) is 3.24. The topological polar surface area (TPSA) is 63.0 Å². The van der Waals surface area contributed by atoms with Crippen LogP contribution in [0.3, 0.4) is 0 Å². The summed E-state index contributed by atoms with van der Waals surface area (Å²) in [5, 5.41) is 1.48. The number of likely N-dealkylation sites (tertiary alicyclic amines) is 1. The number of hydroxylamine groups is 2. The molecule has 0 atom stereocenters. The molecule has 1 spiro atoms. The number of hydrogen-bond acceptors (Lipinski definition) is 4. The van der Waals surface area contributed by atoms with Gasteiger partial charge in [0, 0.05) is 13.1 Å². The van der Waals surface area contributed by atoms with Crippen LogP contribution < -0.4 is 0 Å². The third-order valence-corrected chi connectivity index (χ3v) is 5.46. The molecule has 2 fully saturated rings. The first-order valence-corrected chi connectivity index (χ1v) is 9.35. The van der Waals surface area contributed by atoms with Gasteiger partial charge < -0.3 is 9.32 Å². The average Bonchev–Trinajstić information content (AvgIpc) is 3.14. The fraction of sp³-hybridized carbons (Fsp3) is 0.429. The highest BCUT2D eigenvalue weighted by atomic mass is 16.7. The lowest BCUT2D eigenvalue weighted by Gasteiger charge is -2.37. The molecule has 4 rings (SSSR count). The highest BCUT2D eigenvalue weighted by Gasteiger charge is 2.47. The highest BCUT2D eigenvalue weighted by molar-refractivity contribution is 5.95. The zero-order valence-corrected chi connectivity index (χ0v) is 15.7. The van der Waals surface area contributed by atoms with Crippen molar-refractivity contribution in [2.24, 2.45) is 0 Å². The van der Waals surface area contributed by atoms with Crippen LogP contribution in [-0.4, -0.2) is 40.5 Å². The van der Waals surface area contributed by atoms with Crippen LogP contribution in [0.4, 0.5) is 0 Å². The number of piperidine rings is 1. The first kappa shape index (κ1) is 17.8. The molecule has 1 aromatic heterocycles. The van der Waals surface area contributed by atoms with Gasteiger partial charge in [-0.25, -0.2) is 5.06 Å². The molecule has 0 N–H and O–H groups in total. The van der Waals surface area contributed by atoms with Crippen LogP contribution in [-0.2, 0) is 16.2 Å². The van der Waals surface area contributed by atoms with E-state index >= 15 is 0 Å². The molecule has 2 aliphatic rings. The number of hydrogen-bond donors (Lipinski definition) is 0. The molecule has 1 aromatic carbocycles. The Kier molecular flexibility index (Phi) is 4.52. The van der Waals surface area contributed by atoms with Gasteiger partial charge in [0.1, 0.15) is 17.1 Å². The van der Waals surface area contributed by atoms with Gasteiger partial charge in [-0.15, -0.1) is 0 Å². The molecule has 0 radical (unpaired) electrons. The monoisotopic (exact) mass is 368 g/mol. The molecule has 2 aromatic rings. The molecule has 2 aliphatic heterocycles. The summed E-state index contributed by atoms with van der Waals surface area (Å²) in [6.45, 7) is 5.27. The molecule has 6 heteroatoms. The Hall–Kier alpha value is -2.60. The van der Waals surface area contributed by atoms with E-state index in [1.165, 1.54) is 5.06 Å². The summed E-state index contributed by atoms with van der Waals surface area (Å²) < 4.78 is 5.48. The van der Waals surface area contributed by atoms with Crippen molar-refractivity contribution in [3.63, 3.8) is 0 Å². The number of amides is 2. The minimum absolute atomic E-state index is 0.00957. The van der Waals surface area contributed by atoms with Crippen LogP contribution in [0, 0.1) is 13.8 Å². The molecular weight excluding hydrogens is 344 g/mol. The fourth-order valence-electron chi connectivity index (χ4n) is 3.95. The maximum absolute atomic E-state index is 12.8. The maximum Gasteiger partial charge on any atom is 0.257 e. The van der Waals surface area contributed by atoms with Crippen molar-refractivity contribution in [3.8, 4) is 0 Å². The highest BCUT2D eigenvalue weighted by Crippen LogP contribution is 2.37. The van der Waals surface area contributed by atoms with Crippen LogP contribution in [0.5, 0.6) is 0 Å². The van der Waals surface area contributed by atoms with E-state index in [0.29, 0.717) is 50.2 Å². The molecule has 0 unspecified atom stereocenters. The quantitative estimate of drug-likeness (QED) is 0.834. The summed E-state index contributed by atoms with van der Waals surface area (Å²) in [7, 11) is 0. The van der Waals surface area contributed by atoms with E-state index in [9.17, 15) is 9.59 Å². The van der Waals surface area contributed by atoms with Gasteiger partial charge in [0.2, 0.25) is 5.91 Å². The fourth-order valence-corrected chi connectivity index (χ4v) is 3.95. The van der Waals surface area contributed by atoms with Gasteiger partial charge in [0.15, 0.2) is 0 Å². The lowest BCUT2D eigenvalue weighted by Crippen LogP contribution is -2.47. The Morgan fingerprint density at radius 3 is 2.48 bits per heavy atom. The number of furan rings is 1. The second-order valence-electron chi connectivity index (χ2n) is 7.49. The van der Waals surface area contributed by atoms with Crippen LogP contribution in [0.1, 0.15) is 46.7 Å². The molecule has 6 nitrogen and oxygen atoms in total. The summed E-state index contributed by atoms with van der Waals surface area (Å²) >= 11 is 0. The predicted molar refractivity (Wildman–Crippen MR) is 98.7 cm³/mol. The Bertz CT molecular complexity index is 850. The zero-order valence-electron chi connectivity index (χ0n) is 15.7. The first-order valence-electron chi connectivity index (χ1n) is 9.35. The number of carbonyl (C=O) groups excluding carboxylic acids is 2. The largest absolute Gasteiger partial charge is 0.466 e. The van der Waals surface area contributed by atoms with Crippen molar-refractivity contribution in [2.75, 3.05) is 13.1 Å². The van der Waals surface area contributed by atoms with E-state index in [1.54, 1.807) is 6.07 Å². The Labute approximate surface area is 158 Å². The molecule has 0 saturated carbocycles. The summed E-state index contributed by atoms with van der Waals surface area (Å²) in [5.74, 6) is 1.40. The molecule has 0 aliphatic carbocycles. The minimum atomic E-state index is -0.482. The molecule has 2 saturated heterocycles. The first-order chi connectivity index (χ1) is 13.0. The van der Waals surface area contributed by atoms with Crippen molar-refractivity contribution < 1.29 is 18.8 Å². The Morgan fingerprint density at radius 1 is 1.15 bits per heavy atom. The van der Waals surface area contributed by atoms with Crippen molar-refractivity contribution >= 4 is 11.8 Å². The van der Waals surface area contributed by atoms with E-state index in [-0.39, 0.29) is 11.8 Å². The van der Waals surface area contributed by atoms with E-state index in [1.807, 2.05) is 49.1 Å². The number of rotatable bonds is 3. The summed E-state index contributed by atoms with van der Waals surface area (Å²) in [6, 6.07) is 11.6. The SMILES string of the molecule is Cc1cc(C(=O)N2CCC3(CC2)CC(=O)N(Cc2ccccc2)O3)c(C)o1. The minimum Gasteiger partial charge on any atom is -0.466 e. The lowest BCUT2D eigenvalue weighted by atomic mass is 9.88. The average molecular weight is 368 g/mol. The normalized spacial score (nSPS) is 19.1. The van der Waals surface area contributed by atoms with Gasteiger partial charge >= 0.3 is 0 Å². The van der Waals surface area contributed by atoms with Crippen LogP contribution in [0.2, 0.25) is 0 Å². The van der Waals surface area contributed by atoms with Crippen molar-refractivity contribution in [2.45, 2.75) is 45.3 Å². The molecule has 2 amide bonds. The second kappa shape index (κ2) is 6.85. The summed E-state index contributed by atoms with van der Waals surface area (Å²) in [5.41, 5.74) is 1.18. The zero-order chi connectivity index (χ0) is 19.0. The van der Waals surface area contributed by atoms with Gasteiger partial charge in [-0.2, -0.15) is 0 Å². The summed E-state index contributed by atoms with van der Waals surface area (Å²) in [6.07, 6.45) is 1.70. The molecule has 27 heavy (non-hydrogen) atoms. The van der Waals surface area contributed by atoms with Gasteiger partial charge in [-0.05, 0) is 38.3 Å². The number of aryl methyl sites for hydroxylation is 2. The number of carbonyl (C=O) groups is 2. The third kappa shape index (κ3) is 3.49. The van der Waals surface area contributed by atoms with Crippen LogP contribution >= 0.6 is 0 Å². The third-order valence-electron chi connectivity index (χ3n) is 5.46. The standard InChI is InChI=1S/C21H24N2O4/c1-15-12-18(16(2)26-15)20(25)22-10-8-21(9-11-22)13-19(24)23(27-21)14-17-6-4-3-5-7-17/h3-7,12H,8-11,13-14H2,1-2H3. The summed E-state index contributed by atoms with van der Waals surface area (Å²) in [4.78, 5) is 33.1. The van der Waals surface area contributed by atoms with Crippen molar-refractivity contribution in [1.82, 2.24) is 9.96 Å². The molecular formula is C21H24N2O4. The van der Waals surface area contributed by atoms with Crippen molar-refractivity contribution in [1.29, 1.82) is 0 Å². The van der Waals surface area contributed by atoms with Crippen LogP contribution in [0.25, 0.3) is 0 Å².